The number of benzene rings is 1. The molecule has 0 bridgehead atoms. The van der Waals surface area contributed by atoms with Crippen molar-refractivity contribution in [3.05, 3.63) is 42.5 Å². The van der Waals surface area contributed by atoms with E-state index < -0.39 is 0 Å². The lowest BCUT2D eigenvalue weighted by Gasteiger charge is -2.27. The summed E-state index contributed by atoms with van der Waals surface area (Å²) in [6.07, 6.45) is 10.9. The van der Waals surface area contributed by atoms with Gasteiger partial charge in [0.25, 0.3) is 0 Å². The number of para-hydroxylation sites is 1. The first kappa shape index (κ1) is 18.7. The van der Waals surface area contributed by atoms with E-state index in [1.807, 2.05) is 36.4 Å². The predicted molar refractivity (Wildman–Crippen MR) is 96.8 cm³/mol. The highest BCUT2D eigenvalue weighted by atomic mass is 16.7. The minimum absolute atomic E-state index is 0.0411. The van der Waals surface area contributed by atoms with E-state index >= 15 is 0 Å². The molecule has 0 radical (unpaired) electrons. The van der Waals surface area contributed by atoms with Gasteiger partial charge in [-0.25, -0.2) is 0 Å². The van der Waals surface area contributed by atoms with Crippen LogP contribution < -0.4 is 5.32 Å². The lowest BCUT2D eigenvalue weighted by Crippen LogP contribution is -2.27. The first-order chi connectivity index (χ1) is 11.8. The minimum Gasteiger partial charge on any atom is -0.353 e. The van der Waals surface area contributed by atoms with Crippen molar-refractivity contribution >= 4 is 11.6 Å². The van der Waals surface area contributed by atoms with Gasteiger partial charge in [-0.3, -0.25) is 4.79 Å². The van der Waals surface area contributed by atoms with Crippen molar-refractivity contribution in [2.24, 2.45) is 0 Å². The Kier molecular flexibility index (Phi) is 8.56. The van der Waals surface area contributed by atoms with Gasteiger partial charge in [0.1, 0.15) is 0 Å². The zero-order valence-corrected chi connectivity index (χ0v) is 14.6. The van der Waals surface area contributed by atoms with Gasteiger partial charge in [0.2, 0.25) is 5.91 Å². The molecule has 0 spiro atoms. The van der Waals surface area contributed by atoms with E-state index in [9.17, 15) is 4.79 Å². The van der Waals surface area contributed by atoms with Gasteiger partial charge in [-0.2, -0.15) is 0 Å². The second kappa shape index (κ2) is 11.0. The molecule has 24 heavy (non-hydrogen) atoms. The van der Waals surface area contributed by atoms with Crippen LogP contribution in [0.1, 0.15) is 51.9 Å². The number of amides is 1. The van der Waals surface area contributed by atoms with Gasteiger partial charge >= 0.3 is 0 Å². The van der Waals surface area contributed by atoms with Crippen molar-refractivity contribution in [3.63, 3.8) is 0 Å². The second-order valence-electron chi connectivity index (χ2n) is 6.18. The molecule has 4 heteroatoms. The van der Waals surface area contributed by atoms with Gasteiger partial charge in [0, 0.05) is 12.3 Å². The number of anilines is 1. The number of hydrogen-bond acceptors (Lipinski definition) is 3. The summed E-state index contributed by atoms with van der Waals surface area (Å²) in [7, 11) is 0. The molecule has 1 aliphatic heterocycles. The highest BCUT2D eigenvalue weighted by molar-refractivity contribution is 5.99. The number of ether oxygens (including phenoxy) is 2. The van der Waals surface area contributed by atoms with E-state index in [1.165, 1.54) is 6.42 Å². The number of allylic oxidation sites excluding steroid dienone is 1. The number of carbonyl (C=O) groups excluding carboxylic acids is 1. The molecule has 0 saturated carbocycles. The van der Waals surface area contributed by atoms with Crippen LogP contribution in [0.5, 0.6) is 0 Å². The zero-order chi connectivity index (χ0) is 17.0. The molecule has 1 N–H and O–H groups in total. The molecule has 1 aromatic carbocycles. The zero-order valence-electron chi connectivity index (χ0n) is 14.6. The standard InChI is InChI=1S/C20H29NO3/c1-2-10-18(24-20-15-8-9-16-23-20)13-6-7-14-19(22)21-17-11-4-3-5-12-17/h3-5,7,11-12,14,18,20H,2,6,8-10,13,15-16H2,1H3,(H,21,22)/b14-7-. The van der Waals surface area contributed by atoms with Crippen molar-refractivity contribution in [2.75, 3.05) is 11.9 Å². The molecule has 1 saturated heterocycles. The summed E-state index contributed by atoms with van der Waals surface area (Å²) in [4.78, 5) is 11.9. The van der Waals surface area contributed by atoms with Crippen LogP contribution >= 0.6 is 0 Å². The molecule has 1 amide bonds. The molecule has 4 nitrogen and oxygen atoms in total. The smallest absolute Gasteiger partial charge is 0.248 e. The molecule has 2 rings (SSSR count). The maximum atomic E-state index is 11.9. The lowest BCUT2D eigenvalue weighted by atomic mass is 10.1. The van der Waals surface area contributed by atoms with Gasteiger partial charge in [0.05, 0.1) is 6.10 Å². The normalized spacial score (nSPS) is 19.3. The molecule has 1 heterocycles. The fourth-order valence-corrected chi connectivity index (χ4v) is 2.81. The molecule has 1 aromatic rings. The van der Waals surface area contributed by atoms with Crippen LogP contribution in [0.15, 0.2) is 42.5 Å². The van der Waals surface area contributed by atoms with Crippen molar-refractivity contribution < 1.29 is 14.3 Å². The molecule has 0 aromatic heterocycles. The molecular formula is C20H29NO3. The first-order valence-corrected chi connectivity index (χ1v) is 9.07. The van der Waals surface area contributed by atoms with Crippen LogP contribution in [0.4, 0.5) is 5.69 Å². The maximum Gasteiger partial charge on any atom is 0.248 e. The van der Waals surface area contributed by atoms with E-state index in [0.717, 1.165) is 50.8 Å². The quantitative estimate of drug-likeness (QED) is 0.669. The number of nitrogens with one attached hydrogen (secondary N) is 1. The Morgan fingerprint density at radius 1 is 1.33 bits per heavy atom. The molecule has 0 aliphatic carbocycles. The molecule has 2 unspecified atom stereocenters. The van der Waals surface area contributed by atoms with E-state index in [2.05, 4.69) is 12.2 Å². The van der Waals surface area contributed by atoms with E-state index in [0.29, 0.717) is 0 Å². The number of rotatable bonds is 9. The van der Waals surface area contributed by atoms with E-state index in [1.54, 1.807) is 6.08 Å². The summed E-state index contributed by atoms with van der Waals surface area (Å²) in [6.45, 7) is 2.98. The fraction of sp³-hybridized carbons (Fsp3) is 0.550. The molecule has 1 aliphatic rings. The SMILES string of the molecule is CCCC(CC/C=C\C(=O)Nc1ccccc1)OC1CCCCO1. The summed E-state index contributed by atoms with van der Waals surface area (Å²) in [5, 5.41) is 2.84. The predicted octanol–water partition coefficient (Wildman–Crippen LogP) is 4.67. The third-order valence-electron chi connectivity index (χ3n) is 4.06. The molecule has 132 valence electrons. The van der Waals surface area contributed by atoms with Crippen molar-refractivity contribution in [1.82, 2.24) is 0 Å². The van der Waals surface area contributed by atoms with E-state index in [-0.39, 0.29) is 18.3 Å². The number of hydrogen-bond donors (Lipinski definition) is 1. The monoisotopic (exact) mass is 331 g/mol. The Balaban J connectivity index is 1.69. The average molecular weight is 331 g/mol. The van der Waals surface area contributed by atoms with Gasteiger partial charge in [-0.15, -0.1) is 0 Å². The van der Waals surface area contributed by atoms with Gasteiger partial charge in [-0.1, -0.05) is 37.6 Å². The third-order valence-corrected chi connectivity index (χ3v) is 4.06. The van der Waals surface area contributed by atoms with Gasteiger partial charge in [0.15, 0.2) is 6.29 Å². The Morgan fingerprint density at radius 3 is 2.88 bits per heavy atom. The van der Waals surface area contributed by atoms with Crippen LogP contribution in [0, 0.1) is 0 Å². The molecular weight excluding hydrogens is 302 g/mol. The minimum atomic E-state index is -0.0928. The van der Waals surface area contributed by atoms with E-state index in [4.69, 9.17) is 9.47 Å². The highest BCUT2D eigenvalue weighted by Crippen LogP contribution is 2.19. The van der Waals surface area contributed by atoms with Crippen LogP contribution in [0.3, 0.4) is 0 Å². The summed E-state index contributed by atoms with van der Waals surface area (Å²) in [5.41, 5.74) is 0.814. The number of carbonyl (C=O) groups is 1. The summed E-state index contributed by atoms with van der Waals surface area (Å²) < 4.78 is 11.7. The topological polar surface area (TPSA) is 47.6 Å². The maximum absolute atomic E-state index is 11.9. The van der Waals surface area contributed by atoms with Crippen LogP contribution in [-0.2, 0) is 14.3 Å². The Labute approximate surface area is 145 Å². The van der Waals surface area contributed by atoms with Crippen LogP contribution in [0.25, 0.3) is 0 Å². The highest BCUT2D eigenvalue weighted by Gasteiger charge is 2.18. The Bertz CT molecular complexity index is 495. The van der Waals surface area contributed by atoms with Gasteiger partial charge < -0.3 is 14.8 Å². The first-order valence-electron chi connectivity index (χ1n) is 9.07. The van der Waals surface area contributed by atoms with Gasteiger partial charge in [-0.05, 0) is 56.7 Å². The van der Waals surface area contributed by atoms with Crippen LogP contribution in [0.2, 0.25) is 0 Å². The van der Waals surface area contributed by atoms with Crippen molar-refractivity contribution in [2.45, 2.75) is 64.3 Å². The Morgan fingerprint density at radius 2 is 2.17 bits per heavy atom. The summed E-state index contributed by atoms with van der Waals surface area (Å²) in [6, 6.07) is 9.48. The van der Waals surface area contributed by atoms with Crippen molar-refractivity contribution in [1.29, 1.82) is 0 Å². The summed E-state index contributed by atoms with van der Waals surface area (Å²) in [5.74, 6) is -0.0928. The third kappa shape index (κ3) is 7.28. The largest absolute Gasteiger partial charge is 0.353 e. The fourth-order valence-electron chi connectivity index (χ4n) is 2.81. The molecule has 2 atom stereocenters. The lowest BCUT2D eigenvalue weighted by molar-refractivity contribution is -0.190. The van der Waals surface area contributed by atoms with Crippen LogP contribution in [-0.4, -0.2) is 24.9 Å². The Hall–Kier alpha value is -1.65. The molecule has 1 fully saturated rings. The average Bonchev–Trinajstić information content (AvgIpc) is 2.60. The second-order valence-corrected chi connectivity index (χ2v) is 6.18. The van der Waals surface area contributed by atoms with Crippen molar-refractivity contribution in [3.8, 4) is 0 Å². The summed E-state index contributed by atoms with van der Waals surface area (Å²) >= 11 is 0.